The Balaban J connectivity index is 0.00000208. The zero-order valence-electron chi connectivity index (χ0n) is 14.9. The molecule has 1 N–H and O–H groups in total. The topological polar surface area (TPSA) is 29.9 Å². The molecular formula is C20H26ClN3. The molecule has 2 heterocycles. The van der Waals surface area contributed by atoms with Crippen LogP contribution in [-0.2, 0) is 13.1 Å². The fraction of sp³-hybridized carbons (Fsp3) is 0.350. The molecule has 0 spiro atoms. The lowest BCUT2D eigenvalue weighted by Crippen LogP contribution is -2.06. The first-order chi connectivity index (χ1) is 11.1. The molecule has 128 valence electrons. The molecule has 0 saturated heterocycles. The van der Waals surface area contributed by atoms with Gasteiger partial charge in [0.05, 0.1) is 5.52 Å². The van der Waals surface area contributed by atoms with Crippen molar-refractivity contribution >= 4 is 29.1 Å². The Bertz CT molecular complexity index is 819. The van der Waals surface area contributed by atoms with Crippen LogP contribution in [0.4, 0.5) is 5.82 Å². The van der Waals surface area contributed by atoms with E-state index in [-0.39, 0.29) is 12.4 Å². The molecule has 3 aromatic rings. The van der Waals surface area contributed by atoms with Crippen molar-refractivity contribution in [1.82, 2.24) is 9.55 Å². The average molecular weight is 344 g/mol. The number of hydrogen-bond donors (Lipinski definition) is 1. The van der Waals surface area contributed by atoms with E-state index in [0.717, 1.165) is 25.3 Å². The van der Waals surface area contributed by atoms with Crippen LogP contribution in [0.5, 0.6) is 0 Å². The number of anilines is 1. The number of aromatic nitrogens is 2. The lowest BCUT2D eigenvalue weighted by molar-refractivity contribution is 0.683. The molecule has 2 aromatic heterocycles. The van der Waals surface area contributed by atoms with Gasteiger partial charge >= 0.3 is 0 Å². The maximum atomic E-state index is 4.60. The van der Waals surface area contributed by atoms with Crippen molar-refractivity contribution < 1.29 is 0 Å². The maximum Gasteiger partial charge on any atom is 0.150 e. The van der Waals surface area contributed by atoms with E-state index >= 15 is 0 Å². The van der Waals surface area contributed by atoms with Crippen LogP contribution >= 0.6 is 12.4 Å². The predicted molar refractivity (Wildman–Crippen MR) is 105 cm³/mol. The molecule has 0 atom stereocenters. The van der Waals surface area contributed by atoms with Gasteiger partial charge in [0.2, 0.25) is 0 Å². The van der Waals surface area contributed by atoms with Gasteiger partial charge in [-0.05, 0) is 44.4 Å². The van der Waals surface area contributed by atoms with Crippen LogP contribution in [0.2, 0.25) is 0 Å². The Morgan fingerprint density at radius 2 is 1.75 bits per heavy atom. The minimum Gasteiger partial charge on any atom is -0.364 e. The van der Waals surface area contributed by atoms with Gasteiger partial charge in [0.15, 0.2) is 5.82 Å². The summed E-state index contributed by atoms with van der Waals surface area (Å²) in [4.78, 5) is 4.60. The fourth-order valence-electron chi connectivity index (χ4n) is 3.12. The molecule has 0 unspecified atom stereocenters. The Labute approximate surface area is 150 Å². The van der Waals surface area contributed by atoms with E-state index in [0.29, 0.717) is 0 Å². The molecule has 0 aliphatic heterocycles. The van der Waals surface area contributed by atoms with E-state index in [1.165, 1.54) is 33.3 Å². The highest BCUT2D eigenvalue weighted by Crippen LogP contribution is 2.30. The summed E-state index contributed by atoms with van der Waals surface area (Å²) in [5.74, 6) is 0.979. The molecule has 0 radical (unpaired) electrons. The van der Waals surface area contributed by atoms with Crippen LogP contribution in [-0.4, -0.2) is 9.55 Å². The van der Waals surface area contributed by atoms with Gasteiger partial charge in [0.25, 0.3) is 0 Å². The zero-order valence-corrected chi connectivity index (χ0v) is 15.7. The van der Waals surface area contributed by atoms with E-state index in [9.17, 15) is 0 Å². The largest absolute Gasteiger partial charge is 0.364 e. The number of hydrogen-bond acceptors (Lipinski definition) is 2. The van der Waals surface area contributed by atoms with Crippen molar-refractivity contribution in [2.24, 2.45) is 0 Å². The van der Waals surface area contributed by atoms with Crippen molar-refractivity contribution in [3.8, 4) is 0 Å². The molecule has 24 heavy (non-hydrogen) atoms. The van der Waals surface area contributed by atoms with E-state index in [2.05, 4.69) is 72.9 Å². The number of halogens is 1. The molecule has 0 aliphatic carbocycles. The summed E-state index contributed by atoms with van der Waals surface area (Å²) in [5, 5.41) is 4.83. The number of pyridine rings is 1. The smallest absolute Gasteiger partial charge is 0.150 e. The molecule has 0 fully saturated rings. The molecule has 0 amide bonds. The Morgan fingerprint density at radius 1 is 1.04 bits per heavy atom. The molecule has 1 aromatic carbocycles. The van der Waals surface area contributed by atoms with Crippen molar-refractivity contribution in [3.63, 3.8) is 0 Å². The van der Waals surface area contributed by atoms with Crippen LogP contribution in [0, 0.1) is 20.8 Å². The molecule has 0 aliphatic rings. The summed E-state index contributed by atoms with van der Waals surface area (Å²) in [6.07, 6.45) is 3.03. The first-order valence-electron chi connectivity index (χ1n) is 8.35. The highest BCUT2D eigenvalue weighted by Gasteiger charge is 2.14. The Hall–Kier alpha value is -2.00. The summed E-state index contributed by atoms with van der Waals surface area (Å²) < 4.78 is 2.40. The summed E-state index contributed by atoms with van der Waals surface area (Å²) in [7, 11) is 0. The van der Waals surface area contributed by atoms with Crippen LogP contribution in [0.1, 0.15) is 35.7 Å². The second-order valence-corrected chi connectivity index (χ2v) is 6.26. The van der Waals surface area contributed by atoms with Gasteiger partial charge in [0.1, 0.15) is 0 Å². The Morgan fingerprint density at radius 3 is 2.42 bits per heavy atom. The van der Waals surface area contributed by atoms with Crippen LogP contribution in [0.3, 0.4) is 0 Å². The number of nitrogens with zero attached hydrogens (tertiary/aromatic N) is 2. The third-order valence-electron chi connectivity index (χ3n) is 4.57. The molecule has 3 nitrogen and oxygen atoms in total. The molecule has 3 rings (SSSR count). The van der Waals surface area contributed by atoms with Gasteiger partial charge in [0, 0.05) is 30.4 Å². The number of rotatable bonds is 5. The van der Waals surface area contributed by atoms with Crippen molar-refractivity contribution in [1.29, 1.82) is 0 Å². The summed E-state index contributed by atoms with van der Waals surface area (Å²) in [6, 6.07) is 10.8. The zero-order chi connectivity index (χ0) is 16.4. The second kappa shape index (κ2) is 7.71. The van der Waals surface area contributed by atoms with Crippen LogP contribution in [0.15, 0.2) is 36.5 Å². The normalized spacial score (nSPS) is 10.7. The summed E-state index contributed by atoms with van der Waals surface area (Å²) >= 11 is 0. The second-order valence-electron chi connectivity index (χ2n) is 6.26. The summed E-state index contributed by atoms with van der Waals surface area (Å²) in [6.45, 7) is 10.6. The number of fused-ring (bicyclic) bond motifs is 1. The molecule has 0 saturated carbocycles. The fourth-order valence-corrected chi connectivity index (χ4v) is 3.12. The molecule has 0 bridgehead atoms. The van der Waals surface area contributed by atoms with E-state index in [1.54, 1.807) is 0 Å². The van der Waals surface area contributed by atoms with Crippen molar-refractivity contribution in [3.05, 3.63) is 58.9 Å². The quantitative estimate of drug-likeness (QED) is 0.671. The maximum absolute atomic E-state index is 4.60. The lowest BCUT2D eigenvalue weighted by atomic mass is 10.1. The van der Waals surface area contributed by atoms with Gasteiger partial charge in [-0.15, -0.1) is 12.4 Å². The Kier molecular flexibility index (Phi) is 5.89. The van der Waals surface area contributed by atoms with Gasteiger partial charge in [-0.3, -0.25) is 0 Å². The van der Waals surface area contributed by atoms with Crippen molar-refractivity contribution in [2.75, 3.05) is 5.32 Å². The van der Waals surface area contributed by atoms with Crippen LogP contribution < -0.4 is 5.32 Å². The monoisotopic (exact) mass is 343 g/mol. The third kappa shape index (κ3) is 3.41. The summed E-state index contributed by atoms with van der Waals surface area (Å²) in [5.41, 5.74) is 6.49. The lowest BCUT2D eigenvalue weighted by Gasteiger charge is -2.12. The van der Waals surface area contributed by atoms with Gasteiger partial charge < -0.3 is 9.88 Å². The van der Waals surface area contributed by atoms with Gasteiger partial charge in [-0.2, -0.15) is 0 Å². The van der Waals surface area contributed by atoms with Gasteiger partial charge in [-0.1, -0.05) is 36.8 Å². The standard InChI is InChI=1S/C20H25N3.ClH/c1-5-12-23-16(4)15(3)18-10-11-21-20(19(18)23)22-13-17-8-6-14(2)7-9-17;/h6-11H,5,12-13H2,1-4H3,(H,21,22);1H. The first kappa shape index (κ1) is 18.3. The first-order valence-corrected chi connectivity index (χ1v) is 8.35. The minimum atomic E-state index is 0. The molecule has 4 heteroatoms. The van der Waals surface area contributed by atoms with E-state index in [1.807, 2.05) is 6.20 Å². The van der Waals surface area contributed by atoms with Crippen molar-refractivity contribution in [2.45, 2.75) is 47.2 Å². The highest BCUT2D eigenvalue weighted by atomic mass is 35.5. The SMILES string of the molecule is CCCn1c(C)c(C)c2ccnc(NCc3ccc(C)cc3)c21.Cl. The van der Waals surface area contributed by atoms with E-state index < -0.39 is 0 Å². The third-order valence-corrected chi connectivity index (χ3v) is 4.57. The van der Waals surface area contributed by atoms with Crippen LogP contribution in [0.25, 0.3) is 10.9 Å². The highest BCUT2D eigenvalue weighted by molar-refractivity contribution is 5.93. The molecular weight excluding hydrogens is 318 g/mol. The number of benzene rings is 1. The minimum absolute atomic E-state index is 0. The number of aryl methyl sites for hydroxylation is 3. The average Bonchev–Trinajstić information content (AvgIpc) is 2.80. The van der Waals surface area contributed by atoms with E-state index in [4.69, 9.17) is 0 Å². The van der Waals surface area contributed by atoms with Gasteiger partial charge in [-0.25, -0.2) is 4.98 Å². The predicted octanol–water partition coefficient (Wildman–Crippen LogP) is 5.41. The number of nitrogens with one attached hydrogen (secondary N) is 1.